The predicted octanol–water partition coefficient (Wildman–Crippen LogP) is 1.54. The maximum absolute atomic E-state index is 11.7. The second-order valence-electron chi connectivity index (χ2n) is 4.82. The van der Waals surface area contributed by atoms with Gasteiger partial charge in [0.05, 0.1) is 11.0 Å². The van der Waals surface area contributed by atoms with Crippen LogP contribution in [0.2, 0.25) is 0 Å². The Kier molecular flexibility index (Phi) is 2.26. The van der Waals surface area contributed by atoms with Gasteiger partial charge in [0.25, 0.3) is 5.69 Å². The highest BCUT2D eigenvalue weighted by Crippen LogP contribution is 2.44. The Morgan fingerprint density at radius 1 is 1.50 bits per heavy atom. The molecule has 0 spiro atoms. The van der Waals surface area contributed by atoms with E-state index < -0.39 is 4.92 Å². The Morgan fingerprint density at radius 3 is 3.00 bits per heavy atom. The molecule has 1 fully saturated rings. The largest absolute Gasteiger partial charge is 0.384 e. The minimum absolute atomic E-state index is 0.0337. The van der Waals surface area contributed by atoms with E-state index in [-0.39, 0.29) is 23.6 Å². The summed E-state index contributed by atoms with van der Waals surface area (Å²) in [5.74, 6) is 0.308. The zero-order chi connectivity index (χ0) is 12.9. The number of nitrogens with zero attached hydrogens (tertiary/aromatic N) is 2. The van der Waals surface area contributed by atoms with Gasteiger partial charge >= 0.3 is 0 Å². The van der Waals surface area contributed by atoms with Crippen molar-refractivity contribution in [1.29, 1.82) is 0 Å². The van der Waals surface area contributed by atoms with Crippen molar-refractivity contribution in [2.24, 2.45) is 5.92 Å². The van der Waals surface area contributed by atoms with Gasteiger partial charge < -0.3 is 10.2 Å². The maximum atomic E-state index is 11.7. The van der Waals surface area contributed by atoms with Crippen molar-refractivity contribution in [3.8, 4) is 0 Å². The number of nitrogens with one attached hydrogen (secondary N) is 1. The van der Waals surface area contributed by atoms with E-state index in [1.165, 1.54) is 6.07 Å². The highest BCUT2D eigenvalue weighted by molar-refractivity contribution is 5.81. The first-order valence-corrected chi connectivity index (χ1v) is 5.86. The van der Waals surface area contributed by atoms with Crippen LogP contribution in [0, 0.1) is 16.0 Å². The number of non-ortho nitro benzene ring substituents is 1. The summed E-state index contributed by atoms with van der Waals surface area (Å²) in [6.45, 7) is 0.742. The van der Waals surface area contributed by atoms with Crippen molar-refractivity contribution in [2.75, 3.05) is 18.9 Å². The molecule has 1 aromatic rings. The predicted molar refractivity (Wildman–Crippen MR) is 65.2 cm³/mol. The van der Waals surface area contributed by atoms with Gasteiger partial charge in [0.1, 0.15) is 0 Å². The molecule has 6 nitrogen and oxygen atoms in total. The number of amides is 1. The zero-order valence-corrected chi connectivity index (χ0v) is 9.92. The SMILES string of the molecule is CN1C(=O)CC2CNc3ccc([N+](=O)[O-])cc3C21. The molecule has 6 heteroatoms. The highest BCUT2D eigenvalue weighted by Gasteiger charge is 2.42. The molecule has 3 rings (SSSR count). The standard InChI is InChI=1S/C12H13N3O3/c1-14-11(16)4-7-6-13-10-3-2-8(15(17)18)5-9(10)12(7)14/h2-3,5,7,12-13H,4,6H2,1H3. The lowest BCUT2D eigenvalue weighted by Gasteiger charge is -2.32. The third-order valence-corrected chi connectivity index (χ3v) is 3.81. The third kappa shape index (κ3) is 1.45. The van der Waals surface area contributed by atoms with Crippen LogP contribution in [0.3, 0.4) is 0 Å². The summed E-state index contributed by atoms with van der Waals surface area (Å²) in [4.78, 5) is 23.9. The lowest BCUT2D eigenvalue weighted by Crippen LogP contribution is -2.31. The van der Waals surface area contributed by atoms with Gasteiger partial charge in [0, 0.05) is 49.3 Å². The molecule has 0 saturated carbocycles. The fourth-order valence-corrected chi connectivity index (χ4v) is 2.91. The van der Waals surface area contributed by atoms with Crippen LogP contribution in [0.25, 0.3) is 0 Å². The van der Waals surface area contributed by atoms with Crippen LogP contribution in [0.4, 0.5) is 11.4 Å². The van der Waals surface area contributed by atoms with Crippen molar-refractivity contribution in [1.82, 2.24) is 4.90 Å². The fourth-order valence-electron chi connectivity index (χ4n) is 2.91. The second kappa shape index (κ2) is 3.69. The summed E-state index contributed by atoms with van der Waals surface area (Å²) in [7, 11) is 1.76. The van der Waals surface area contributed by atoms with E-state index in [0.717, 1.165) is 17.8 Å². The Labute approximate surface area is 104 Å². The van der Waals surface area contributed by atoms with Crippen molar-refractivity contribution >= 4 is 17.3 Å². The lowest BCUT2D eigenvalue weighted by atomic mass is 9.89. The van der Waals surface area contributed by atoms with Gasteiger partial charge in [-0.2, -0.15) is 0 Å². The van der Waals surface area contributed by atoms with Crippen LogP contribution < -0.4 is 5.32 Å². The highest BCUT2D eigenvalue weighted by atomic mass is 16.6. The normalized spacial score (nSPS) is 25.4. The second-order valence-corrected chi connectivity index (χ2v) is 4.82. The molecule has 0 radical (unpaired) electrons. The maximum Gasteiger partial charge on any atom is 0.269 e. The number of carbonyl (C=O) groups is 1. The number of likely N-dealkylation sites (tertiary alicyclic amines) is 1. The summed E-state index contributed by atoms with van der Waals surface area (Å²) < 4.78 is 0. The van der Waals surface area contributed by atoms with Gasteiger partial charge in [-0.1, -0.05) is 0 Å². The average Bonchev–Trinajstić information content (AvgIpc) is 2.65. The number of nitro groups is 1. The number of nitro benzene ring substituents is 1. The van der Waals surface area contributed by atoms with Crippen molar-refractivity contribution in [3.05, 3.63) is 33.9 Å². The molecule has 1 aromatic carbocycles. The number of anilines is 1. The van der Waals surface area contributed by atoms with Gasteiger partial charge in [-0.25, -0.2) is 0 Å². The van der Waals surface area contributed by atoms with Crippen LogP contribution >= 0.6 is 0 Å². The molecular formula is C12H13N3O3. The first-order valence-electron chi connectivity index (χ1n) is 5.86. The summed E-state index contributed by atoms with van der Waals surface area (Å²) in [5.41, 5.74) is 1.82. The first kappa shape index (κ1) is 11.0. The van der Waals surface area contributed by atoms with E-state index >= 15 is 0 Å². The third-order valence-electron chi connectivity index (χ3n) is 3.81. The van der Waals surface area contributed by atoms with Crippen LogP contribution in [-0.4, -0.2) is 29.3 Å². The number of hydrogen-bond acceptors (Lipinski definition) is 4. The minimum Gasteiger partial charge on any atom is -0.384 e. The molecule has 0 bridgehead atoms. The summed E-state index contributed by atoms with van der Waals surface area (Å²) in [5, 5.41) is 14.1. The Morgan fingerprint density at radius 2 is 2.28 bits per heavy atom. The van der Waals surface area contributed by atoms with Gasteiger partial charge in [-0.15, -0.1) is 0 Å². The molecule has 1 amide bonds. The van der Waals surface area contributed by atoms with E-state index in [0.29, 0.717) is 6.42 Å². The number of rotatable bonds is 1. The van der Waals surface area contributed by atoms with Gasteiger partial charge in [0.15, 0.2) is 0 Å². The Balaban J connectivity index is 2.09. The first-order chi connectivity index (χ1) is 8.58. The van der Waals surface area contributed by atoms with E-state index in [2.05, 4.69) is 5.32 Å². The molecule has 18 heavy (non-hydrogen) atoms. The minimum atomic E-state index is -0.402. The Bertz CT molecular complexity index is 543. The van der Waals surface area contributed by atoms with Crippen molar-refractivity contribution in [2.45, 2.75) is 12.5 Å². The molecule has 2 aliphatic rings. The van der Waals surface area contributed by atoms with E-state index in [1.54, 1.807) is 24.1 Å². The van der Waals surface area contributed by atoms with Crippen LogP contribution in [-0.2, 0) is 4.79 Å². The smallest absolute Gasteiger partial charge is 0.269 e. The summed E-state index contributed by atoms with van der Waals surface area (Å²) in [6, 6.07) is 4.76. The molecule has 2 aliphatic heterocycles. The van der Waals surface area contributed by atoms with E-state index in [1.807, 2.05) is 0 Å². The fraction of sp³-hybridized carbons (Fsp3) is 0.417. The average molecular weight is 247 g/mol. The molecule has 2 heterocycles. The van der Waals surface area contributed by atoms with E-state index in [9.17, 15) is 14.9 Å². The topological polar surface area (TPSA) is 75.5 Å². The molecule has 0 aliphatic carbocycles. The van der Waals surface area contributed by atoms with E-state index in [4.69, 9.17) is 0 Å². The number of carbonyl (C=O) groups excluding carboxylic acids is 1. The quantitative estimate of drug-likeness (QED) is 0.603. The molecule has 0 aromatic heterocycles. The van der Waals surface area contributed by atoms with Gasteiger partial charge in [-0.3, -0.25) is 14.9 Å². The van der Waals surface area contributed by atoms with Crippen LogP contribution in [0.15, 0.2) is 18.2 Å². The number of benzene rings is 1. The molecule has 2 unspecified atom stereocenters. The molecule has 1 N–H and O–H groups in total. The molecular weight excluding hydrogens is 234 g/mol. The van der Waals surface area contributed by atoms with Crippen molar-refractivity contribution in [3.63, 3.8) is 0 Å². The molecule has 1 saturated heterocycles. The zero-order valence-electron chi connectivity index (χ0n) is 9.92. The monoisotopic (exact) mass is 247 g/mol. The van der Waals surface area contributed by atoms with Gasteiger partial charge in [0.2, 0.25) is 5.91 Å². The van der Waals surface area contributed by atoms with Gasteiger partial charge in [-0.05, 0) is 6.07 Å². The van der Waals surface area contributed by atoms with Crippen LogP contribution in [0.1, 0.15) is 18.0 Å². The van der Waals surface area contributed by atoms with Crippen LogP contribution in [0.5, 0.6) is 0 Å². The lowest BCUT2D eigenvalue weighted by molar-refractivity contribution is -0.384. The molecule has 94 valence electrons. The summed E-state index contributed by atoms with van der Waals surface area (Å²) in [6.07, 6.45) is 0.510. The number of hydrogen-bond donors (Lipinski definition) is 1. The van der Waals surface area contributed by atoms with Crippen molar-refractivity contribution < 1.29 is 9.72 Å². The summed E-state index contributed by atoms with van der Waals surface area (Å²) >= 11 is 0. The molecule has 2 atom stereocenters. The number of fused-ring (bicyclic) bond motifs is 3. The Hall–Kier alpha value is -2.11.